The molecule has 3 rings (SSSR count). The Morgan fingerprint density at radius 3 is 2.65 bits per heavy atom. The lowest BCUT2D eigenvalue weighted by Gasteiger charge is -2.40. The average molecular weight is 316 g/mol. The van der Waals surface area contributed by atoms with Crippen molar-refractivity contribution in [3.05, 3.63) is 22.8 Å². The first kappa shape index (κ1) is 16.6. The van der Waals surface area contributed by atoms with E-state index in [0.717, 1.165) is 36.0 Å². The van der Waals surface area contributed by atoms with Crippen LogP contribution in [0.25, 0.3) is 0 Å². The Morgan fingerprint density at radius 1 is 1.26 bits per heavy atom. The van der Waals surface area contributed by atoms with Crippen molar-refractivity contribution in [2.75, 3.05) is 0 Å². The van der Waals surface area contributed by atoms with Gasteiger partial charge in [-0.3, -0.25) is 9.59 Å². The highest BCUT2D eigenvalue weighted by molar-refractivity contribution is 6.03. The molecule has 0 saturated carbocycles. The summed E-state index contributed by atoms with van der Waals surface area (Å²) in [7, 11) is 0. The van der Waals surface area contributed by atoms with E-state index < -0.39 is 12.0 Å². The second kappa shape index (κ2) is 5.70. The maximum Gasteiger partial charge on any atom is 0.165 e. The van der Waals surface area contributed by atoms with Gasteiger partial charge >= 0.3 is 0 Å². The number of carbonyl (C=O) groups excluding carboxylic acids is 2. The summed E-state index contributed by atoms with van der Waals surface area (Å²) in [4.78, 5) is 25.3. The van der Waals surface area contributed by atoms with E-state index in [4.69, 9.17) is 0 Å². The van der Waals surface area contributed by atoms with Crippen LogP contribution in [-0.4, -0.2) is 22.8 Å². The van der Waals surface area contributed by atoms with Gasteiger partial charge in [0, 0.05) is 18.4 Å². The number of aliphatic hydroxyl groups excluding tert-OH is 1. The maximum atomic E-state index is 13.1. The van der Waals surface area contributed by atoms with Crippen molar-refractivity contribution < 1.29 is 14.7 Å². The summed E-state index contributed by atoms with van der Waals surface area (Å²) in [6, 6.07) is 0. The van der Waals surface area contributed by atoms with Gasteiger partial charge in [-0.15, -0.1) is 0 Å². The molecule has 0 spiro atoms. The van der Waals surface area contributed by atoms with Crippen molar-refractivity contribution in [1.82, 2.24) is 0 Å². The van der Waals surface area contributed by atoms with Crippen LogP contribution in [0.15, 0.2) is 22.8 Å². The number of Topliss-reactive ketones (excluding diaryl/α,β-unsaturated/α-hetero) is 2. The molecule has 3 aliphatic rings. The van der Waals surface area contributed by atoms with Gasteiger partial charge in [0.1, 0.15) is 5.78 Å². The number of allylic oxidation sites excluding steroid dienone is 3. The minimum Gasteiger partial charge on any atom is -0.388 e. The molecule has 0 unspecified atom stereocenters. The number of hydrogen-bond donors (Lipinski definition) is 1. The summed E-state index contributed by atoms with van der Waals surface area (Å²) in [5.41, 5.74) is 2.77. The number of carbonyl (C=O) groups is 2. The van der Waals surface area contributed by atoms with Crippen molar-refractivity contribution in [1.29, 1.82) is 0 Å². The molecule has 1 N–H and O–H groups in total. The molecular weight excluding hydrogens is 288 g/mol. The van der Waals surface area contributed by atoms with E-state index in [1.54, 1.807) is 0 Å². The van der Waals surface area contributed by atoms with Gasteiger partial charge in [0.2, 0.25) is 0 Å². The van der Waals surface area contributed by atoms with Crippen LogP contribution >= 0.6 is 0 Å². The highest BCUT2D eigenvalue weighted by atomic mass is 16.3. The van der Waals surface area contributed by atoms with Gasteiger partial charge in [-0.2, -0.15) is 0 Å². The van der Waals surface area contributed by atoms with Gasteiger partial charge < -0.3 is 5.11 Å². The molecule has 0 amide bonds. The fourth-order valence-electron chi connectivity index (χ4n) is 5.00. The lowest BCUT2D eigenvalue weighted by molar-refractivity contribution is -0.124. The number of fused-ring (bicyclic) bond motifs is 2. The van der Waals surface area contributed by atoms with Gasteiger partial charge in [0.15, 0.2) is 5.78 Å². The van der Waals surface area contributed by atoms with Gasteiger partial charge in [0.25, 0.3) is 0 Å². The number of ketones is 2. The molecule has 3 nitrogen and oxygen atoms in total. The lowest BCUT2D eigenvalue weighted by atomic mass is 9.64. The zero-order chi connectivity index (χ0) is 16.9. The smallest absolute Gasteiger partial charge is 0.165 e. The van der Waals surface area contributed by atoms with Crippen molar-refractivity contribution >= 4 is 11.6 Å². The number of hydrogen-bond acceptors (Lipinski definition) is 3. The van der Waals surface area contributed by atoms with Gasteiger partial charge in [-0.1, -0.05) is 32.4 Å². The quantitative estimate of drug-likeness (QED) is 0.695. The molecule has 3 bridgehead atoms. The topological polar surface area (TPSA) is 54.4 Å². The van der Waals surface area contributed by atoms with E-state index >= 15 is 0 Å². The SMILES string of the molecule is CC1=CC[C@@H]2CCC3=C(C(=O)[C@@H]([C@@H](C)CC(=O)C1)[C@H]3O)C2(C)C. The third kappa shape index (κ3) is 2.63. The Kier molecular flexibility index (Phi) is 4.12. The first-order valence-electron chi connectivity index (χ1n) is 8.86. The largest absolute Gasteiger partial charge is 0.388 e. The van der Waals surface area contributed by atoms with Crippen LogP contribution in [0.3, 0.4) is 0 Å². The summed E-state index contributed by atoms with van der Waals surface area (Å²) in [5.74, 6) is 0.152. The zero-order valence-corrected chi connectivity index (χ0v) is 14.7. The molecule has 3 heteroatoms. The molecule has 3 aliphatic carbocycles. The van der Waals surface area contributed by atoms with Gasteiger partial charge in [0.05, 0.1) is 12.0 Å². The monoisotopic (exact) mass is 316 g/mol. The van der Waals surface area contributed by atoms with E-state index in [1.807, 2.05) is 13.8 Å². The summed E-state index contributed by atoms with van der Waals surface area (Å²) in [6.07, 6.45) is 5.09. The van der Waals surface area contributed by atoms with E-state index in [9.17, 15) is 14.7 Å². The molecule has 0 saturated heterocycles. The Bertz CT molecular complexity index is 608. The standard InChI is InChI=1S/C20H28O3/c1-11-5-6-13-7-8-15-17(20(13,3)4)19(23)16(18(15)22)12(2)10-14(21)9-11/h5,12-13,16,18,22H,6-10H2,1-4H3/t12-,13+,16-,18-/m0/s1. The predicted molar refractivity (Wildman–Crippen MR) is 89.8 cm³/mol. The Balaban J connectivity index is 2.08. The van der Waals surface area contributed by atoms with Crippen LogP contribution in [0.1, 0.15) is 59.8 Å². The minimum absolute atomic E-state index is 0.0999. The molecule has 0 radical (unpaired) electrons. The van der Waals surface area contributed by atoms with Crippen molar-refractivity contribution in [2.45, 2.75) is 65.9 Å². The van der Waals surface area contributed by atoms with E-state index in [0.29, 0.717) is 18.8 Å². The van der Waals surface area contributed by atoms with Crippen LogP contribution in [-0.2, 0) is 9.59 Å². The Morgan fingerprint density at radius 2 is 1.96 bits per heavy atom. The zero-order valence-electron chi connectivity index (χ0n) is 14.7. The summed E-state index contributed by atoms with van der Waals surface area (Å²) < 4.78 is 0. The van der Waals surface area contributed by atoms with Crippen molar-refractivity contribution in [3.63, 3.8) is 0 Å². The molecule has 0 aromatic heterocycles. The first-order chi connectivity index (χ1) is 10.7. The fourth-order valence-corrected chi connectivity index (χ4v) is 5.00. The van der Waals surface area contributed by atoms with E-state index in [1.165, 1.54) is 0 Å². The van der Waals surface area contributed by atoms with Crippen LogP contribution < -0.4 is 0 Å². The summed E-state index contributed by atoms with van der Waals surface area (Å²) in [6.45, 7) is 8.29. The van der Waals surface area contributed by atoms with Crippen molar-refractivity contribution in [2.24, 2.45) is 23.2 Å². The molecule has 0 aromatic carbocycles. The summed E-state index contributed by atoms with van der Waals surface area (Å²) >= 11 is 0. The van der Waals surface area contributed by atoms with E-state index in [2.05, 4.69) is 19.9 Å². The fraction of sp³-hybridized carbons (Fsp3) is 0.700. The molecule has 0 aliphatic heterocycles. The molecule has 0 fully saturated rings. The third-order valence-electron chi connectivity index (χ3n) is 6.38. The predicted octanol–water partition coefficient (Wildman–Crippen LogP) is 3.61. The van der Waals surface area contributed by atoms with Crippen LogP contribution in [0, 0.1) is 23.2 Å². The van der Waals surface area contributed by atoms with Crippen LogP contribution in [0.2, 0.25) is 0 Å². The normalized spacial score (nSPS) is 37.5. The number of rotatable bonds is 0. The maximum absolute atomic E-state index is 13.1. The highest BCUT2D eigenvalue weighted by Gasteiger charge is 2.52. The third-order valence-corrected chi connectivity index (χ3v) is 6.38. The van der Waals surface area contributed by atoms with Crippen molar-refractivity contribution in [3.8, 4) is 0 Å². The highest BCUT2D eigenvalue weighted by Crippen LogP contribution is 2.53. The Labute approximate surface area is 138 Å². The molecular formula is C20H28O3. The molecule has 0 aromatic rings. The van der Waals surface area contributed by atoms with Crippen LogP contribution in [0.4, 0.5) is 0 Å². The molecule has 4 atom stereocenters. The average Bonchev–Trinajstić information content (AvgIpc) is 2.69. The molecule has 126 valence electrons. The summed E-state index contributed by atoms with van der Waals surface area (Å²) in [5, 5.41) is 10.8. The Hall–Kier alpha value is -1.22. The minimum atomic E-state index is -0.685. The first-order valence-corrected chi connectivity index (χ1v) is 8.86. The van der Waals surface area contributed by atoms with Crippen LogP contribution in [0.5, 0.6) is 0 Å². The van der Waals surface area contributed by atoms with E-state index in [-0.39, 0.29) is 22.9 Å². The number of aliphatic hydroxyl groups is 1. The molecule has 0 heterocycles. The van der Waals surface area contributed by atoms with Gasteiger partial charge in [-0.05, 0) is 49.0 Å². The second-order valence-corrected chi connectivity index (χ2v) is 8.38. The van der Waals surface area contributed by atoms with Gasteiger partial charge in [-0.25, -0.2) is 0 Å². The molecule has 23 heavy (non-hydrogen) atoms. The second-order valence-electron chi connectivity index (χ2n) is 8.38. The lowest BCUT2D eigenvalue weighted by Crippen LogP contribution is -2.34.